The highest BCUT2D eigenvalue weighted by molar-refractivity contribution is 5.91. The summed E-state index contributed by atoms with van der Waals surface area (Å²) < 4.78 is 11.2. The molecule has 0 spiro atoms. The Kier molecular flexibility index (Phi) is 4.30. The summed E-state index contributed by atoms with van der Waals surface area (Å²) in [6, 6.07) is 10.6. The van der Waals surface area contributed by atoms with Crippen LogP contribution in [-0.2, 0) is 4.74 Å². The largest absolute Gasteiger partial charge is 0.435 e. The van der Waals surface area contributed by atoms with Gasteiger partial charge in [0.2, 0.25) is 5.89 Å². The fraction of sp³-hybridized carbons (Fsp3) is 0.278. The molecule has 2 aromatic heterocycles. The lowest BCUT2D eigenvalue weighted by atomic mass is 10.2. The third kappa shape index (κ3) is 3.61. The Morgan fingerprint density at radius 1 is 1.28 bits per heavy atom. The van der Waals surface area contributed by atoms with Crippen LogP contribution >= 0.6 is 0 Å². The lowest BCUT2D eigenvalue weighted by Gasteiger charge is -2.11. The second-order valence-corrected chi connectivity index (χ2v) is 5.89. The van der Waals surface area contributed by atoms with E-state index in [9.17, 15) is 4.79 Å². The zero-order valence-electron chi connectivity index (χ0n) is 13.6. The van der Waals surface area contributed by atoms with Gasteiger partial charge in [0, 0.05) is 31.1 Å². The van der Waals surface area contributed by atoms with Gasteiger partial charge in [-0.3, -0.25) is 4.98 Å². The van der Waals surface area contributed by atoms with Crippen LogP contribution in [0.5, 0.6) is 0 Å². The number of benzene rings is 1. The topological polar surface area (TPSA) is 89.3 Å². The second kappa shape index (κ2) is 6.90. The highest BCUT2D eigenvalue weighted by Gasteiger charge is 2.16. The summed E-state index contributed by atoms with van der Waals surface area (Å²) in [5, 5.41) is 5.62. The van der Waals surface area contributed by atoms with Crippen LogP contribution in [-0.4, -0.2) is 35.3 Å². The Hall–Kier alpha value is -2.93. The number of hydrogen-bond donors (Lipinski definition) is 2. The third-order valence-electron chi connectivity index (χ3n) is 4.04. The molecule has 7 heteroatoms. The number of rotatable bonds is 4. The average molecular weight is 338 g/mol. The summed E-state index contributed by atoms with van der Waals surface area (Å²) in [7, 11) is 0. The molecule has 2 N–H and O–H groups in total. The van der Waals surface area contributed by atoms with E-state index in [0.29, 0.717) is 34.9 Å². The number of oxazole rings is 1. The molecule has 1 saturated heterocycles. The average Bonchev–Trinajstić information content (AvgIpc) is 3.30. The smallest absolute Gasteiger partial charge is 0.319 e. The number of carbonyl (C=O) groups is 1. The molecule has 1 atom stereocenters. The summed E-state index contributed by atoms with van der Waals surface area (Å²) in [6.45, 7) is 1.29. The van der Waals surface area contributed by atoms with Gasteiger partial charge in [0.05, 0.1) is 6.10 Å². The minimum atomic E-state index is -0.265. The van der Waals surface area contributed by atoms with Crippen molar-refractivity contribution in [2.24, 2.45) is 0 Å². The normalized spacial score (nSPS) is 16.9. The first-order chi connectivity index (χ1) is 12.3. The molecule has 0 bridgehead atoms. The predicted molar refractivity (Wildman–Crippen MR) is 93.2 cm³/mol. The number of nitrogens with one attached hydrogen (secondary N) is 2. The van der Waals surface area contributed by atoms with Gasteiger partial charge in [0.1, 0.15) is 11.2 Å². The zero-order valence-corrected chi connectivity index (χ0v) is 13.6. The van der Waals surface area contributed by atoms with Crippen LogP contribution in [0, 0.1) is 0 Å². The Morgan fingerprint density at radius 2 is 2.24 bits per heavy atom. The SMILES string of the molecule is O=C(NCC1CCCO1)Nc1ccc2nc(-c3ccccn3)oc2c1. The van der Waals surface area contributed by atoms with Gasteiger partial charge in [-0.05, 0) is 37.1 Å². The monoisotopic (exact) mass is 338 g/mol. The van der Waals surface area contributed by atoms with Crippen LogP contribution in [0.4, 0.5) is 10.5 Å². The number of aromatic nitrogens is 2. The van der Waals surface area contributed by atoms with Crippen molar-refractivity contribution >= 4 is 22.8 Å². The van der Waals surface area contributed by atoms with Gasteiger partial charge in [0.25, 0.3) is 0 Å². The number of hydrogen-bond acceptors (Lipinski definition) is 5. The molecular formula is C18H18N4O3. The number of amides is 2. The number of nitrogens with zero attached hydrogens (tertiary/aromatic N) is 2. The van der Waals surface area contributed by atoms with E-state index in [4.69, 9.17) is 9.15 Å². The Bertz CT molecular complexity index is 872. The van der Waals surface area contributed by atoms with E-state index in [1.54, 1.807) is 24.4 Å². The van der Waals surface area contributed by atoms with E-state index in [-0.39, 0.29) is 12.1 Å². The fourth-order valence-electron chi connectivity index (χ4n) is 2.79. The Labute approximate surface area is 144 Å². The summed E-state index contributed by atoms with van der Waals surface area (Å²) in [5.74, 6) is 0.454. The van der Waals surface area contributed by atoms with E-state index >= 15 is 0 Å². The first-order valence-electron chi connectivity index (χ1n) is 8.26. The molecule has 7 nitrogen and oxygen atoms in total. The first kappa shape index (κ1) is 15.6. The third-order valence-corrected chi connectivity index (χ3v) is 4.04. The standard InChI is InChI=1S/C18H18N4O3/c23-18(20-11-13-4-3-9-24-13)21-12-6-7-14-16(10-12)25-17(22-14)15-5-1-2-8-19-15/h1-2,5-8,10,13H,3-4,9,11H2,(H2,20,21,23). The number of pyridine rings is 1. The summed E-state index contributed by atoms with van der Waals surface area (Å²) in [5.41, 5.74) is 2.62. The van der Waals surface area contributed by atoms with Crippen molar-refractivity contribution in [3.05, 3.63) is 42.6 Å². The van der Waals surface area contributed by atoms with Gasteiger partial charge in [-0.2, -0.15) is 0 Å². The number of ether oxygens (including phenoxy) is 1. The highest BCUT2D eigenvalue weighted by atomic mass is 16.5. The van der Waals surface area contributed by atoms with Crippen molar-refractivity contribution < 1.29 is 13.9 Å². The summed E-state index contributed by atoms with van der Waals surface area (Å²) in [6.07, 6.45) is 3.84. The molecule has 0 radical (unpaired) electrons. The maximum atomic E-state index is 12.0. The van der Waals surface area contributed by atoms with Crippen LogP contribution in [0.3, 0.4) is 0 Å². The van der Waals surface area contributed by atoms with E-state index in [2.05, 4.69) is 20.6 Å². The van der Waals surface area contributed by atoms with E-state index in [0.717, 1.165) is 19.4 Å². The lowest BCUT2D eigenvalue weighted by Crippen LogP contribution is -2.34. The number of carbonyl (C=O) groups excluding carboxylic acids is 1. The maximum absolute atomic E-state index is 12.0. The van der Waals surface area contributed by atoms with Gasteiger partial charge >= 0.3 is 6.03 Å². The molecule has 1 aromatic carbocycles. The van der Waals surface area contributed by atoms with Crippen molar-refractivity contribution in [2.45, 2.75) is 18.9 Å². The molecule has 1 fully saturated rings. The second-order valence-electron chi connectivity index (χ2n) is 5.89. The van der Waals surface area contributed by atoms with Crippen LogP contribution in [0.15, 0.2) is 47.0 Å². The van der Waals surface area contributed by atoms with E-state index in [1.165, 1.54) is 0 Å². The van der Waals surface area contributed by atoms with E-state index in [1.807, 2.05) is 18.2 Å². The molecule has 4 rings (SSSR count). The van der Waals surface area contributed by atoms with Gasteiger partial charge in [0.15, 0.2) is 5.58 Å². The quantitative estimate of drug-likeness (QED) is 0.762. The van der Waals surface area contributed by atoms with Crippen LogP contribution in [0.2, 0.25) is 0 Å². The van der Waals surface area contributed by atoms with Gasteiger partial charge < -0.3 is 19.8 Å². The number of fused-ring (bicyclic) bond motifs is 1. The molecule has 3 aromatic rings. The predicted octanol–water partition coefficient (Wildman–Crippen LogP) is 3.19. The minimum Gasteiger partial charge on any atom is -0.435 e. The van der Waals surface area contributed by atoms with Gasteiger partial charge in [-0.15, -0.1) is 0 Å². The van der Waals surface area contributed by atoms with Gasteiger partial charge in [-0.25, -0.2) is 9.78 Å². The van der Waals surface area contributed by atoms with Crippen molar-refractivity contribution in [3.8, 4) is 11.6 Å². The Balaban J connectivity index is 1.44. The maximum Gasteiger partial charge on any atom is 0.319 e. The van der Waals surface area contributed by atoms with Crippen molar-refractivity contribution in [3.63, 3.8) is 0 Å². The molecule has 25 heavy (non-hydrogen) atoms. The zero-order chi connectivity index (χ0) is 17.1. The first-order valence-corrected chi connectivity index (χ1v) is 8.26. The van der Waals surface area contributed by atoms with Crippen LogP contribution in [0.25, 0.3) is 22.7 Å². The van der Waals surface area contributed by atoms with Crippen molar-refractivity contribution in [1.29, 1.82) is 0 Å². The molecule has 0 aliphatic carbocycles. The molecule has 1 aliphatic rings. The minimum absolute atomic E-state index is 0.114. The van der Waals surface area contributed by atoms with Crippen molar-refractivity contribution in [1.82, 2.24) is 15.3 Å². The Morgan fingerprint density at radius 3 is 3.04 bits per heavy atom. The molecule has 2 amide bonds. The number of anilines is 1. The van der Waals surface area contributed by atoms with Crippen molar-refractivity contribution in [2.75, 3.05) is 18.5 Å². The lowest BCUT2D eigenvalue weighted by molar-refractivity contribution is 0.112. The van der Waals surface area contributed by atoms with Crippen LogP contribution < -0.4 is 10.6 Å². The van der Waals surface area contributed by atoms with E-state index < -0.39 is 0 Å². The molecule has 1 unspecified atom stereocenters. The summed E-state index contributed by atoms with van der Waals surface area (Å²) in [4.78, 5) is 20.6. The number of urea groups is 1. The molecule has 0 saturated carbocycles. The summed E-state index contributed by atoms with van der Waals surface area (Å²) >= 11 is 0. The fourth-order valence-corrected chi connectivity index (χ4v) is 2.79. The van der Waals surface area contributed by atoms with Gasteiger partial charge in [-0.1, -0.05) is 6.07 Å². The van der Waals surface area contributed by atoms with Crippen LogP contribution in [0.1, 0.15) is 12.8 Å². The molecular weight excluding hydrogens is 320 g/mol. The molecule has 1 aliphatic heterocycles. The highest BCUT2D eigenvalue weighted by Crippen LogP contribution is 2.25. The molecule has 3 heterocycles. The molecule has 128 valence electrons.